The SMILES string of the molecule is C#CC(I)Oc1ncccn1. The van der Waals surface area contributed by atoms with Gasteiger partial charge < -0.3 is 4.74 Å². The number of terminal acetylenes is 1. The van der Waals surface area contributed by atoms with Gasteiger partial charge in [-0.15, -0.1) is 6.42 Å². The first-order chi connectivity index (χ1) is 5.33. The molecule has 3 nitrogen and oxygen atoms in total. The number of ether oxygens (including phenoxy) is 1. The van der Waals surface area contributed by atoms with Gasteiger partial charge in [0.1, 0.15) is 0 Å². The predicted octanol–water partition coefficient (Wildman–Crippen LogP) is 1.25. The monoisotopic (exact) mass is 260 g/mol. The third-order valence-corrected chi connectivity index (χ3v) is 1.50. The molecular formula is C7H5IN2O. The van der Waals surface area contributed by atoms with E-state index in [4.69, 9.17) is 11.2 Å². The smallest absolute Gasteiger partial charge is 0.318 e. The lowest BCUT2D eigenvalue weighted by molar-refractivity contribution is 0.325. The number of hydrogen-bond donors (Lipinski definition) is 0. The van der Waals surface area contributed by atoms with E-state index in [1.165, 1.54) is 0 Å². The minimum Gasteiger partial charge on any atom is -0.437 e. The molecule has 1 rings (SSSR count). The Balaban J connectivity index is 2.60. The molecule has 0 aliphatic heterocycles. The van der Waals surface area contributed by atoms with Crippen LogP contribution in [0.3, 0.4) is 0 Å². The second-order valence-electron chi connectivity index (χ2n) is 1.63. The van der Waals surface area contributed by atoms with Gasteiger partial charge in [0.15, 0.2) is 0 Å². The van der Waals surface area contributed by atoms with Crippen molar-refractivity contribution in [3.8, 4) is 18.4 Å². The minimum absolute atomic E-state index is 0.310. The predicted molar refractivity (Wildman–Crippen MR) is 49.3 cm³/mol. The number of aromatic nitrogens is 2. The van der Waals surface area contributed by atoms with Crippen molar-refractivity contribution in [1.82, 2.24) is 9.97 Å². The molecule has 0 saturated carbocycles. The summed E-state index contributed by atoms with van der Waals surface area (Å²) in [6.07, 6.45) is 8.28. The lowest BCUT2D eigenvalue weighted by atomic mass is 10.7. The van der Waals surface area contributed by atoms with Crippen LogP contribution in [0, 0.1) is 12.3 Å². The number of rotatable bonds is 2. The van der Waals surface area contributed by atoms with Crippen LogP contribution in [0.4, 0.5) is 0 Å². The van der Waals surface area contributed by atoms with Crippen molar-refractivity contribution in [3.63, 3.8) is 0 Å². The Morgan fingerprint density at radius 3 is 2.73 bits per heavy atom. The van der Waals surface area contributed by atoms with E-state index in [0.717, 1.165) is 0 Å². The highest BCUT2D eigenvalue weighted by atomic mass is 127. The van der Waals surface area contributed by atoms with Crippen molar-refractivity contribution in [1.29, 1.82) is 0 Å². The van der Waals surface area contributed by atoms with Gasteiger partial charge in [0, 0.05) is 12.4 Å². The molecular weight excluding hydrogens is 255 g/mol. The molecule has 0 spiro atoms. The first-order valence-electron chi connectivity index (χ1n) is 2.87. The highest BCUT2D eigenvalue weighted by Crippen LogP contribution is 2.05. The van der Waals surface area contributed by atoms with E-state index in [2.05, 4.69) is 15.9 Å². The van der Waals surface area contributed by atoms with E-state index in [-0.39, 0.29) is 4.11 Å². The number of halogens is 1. The molecule has 4 heteroatoms. The molecule has 0 aliphatic carbocycles. The largest absolute Gasteiger partial charge is 0.437 e. The van der Waals surface area contributed by atoms with E-state index in [9.17, 15) is 0 Å². The molecule has 0 N–H and O–H groups in total. The second kappa shape index (κ2) is 4.13. The van der Waals surface area contributed by atoms with Crippen LogP contribution in [-0.4, -0.2) is 14.1 Å². The maximum absolute atomic E-state index is 5.09. The average Bonchev–Trinajstić information content (AvgIpc) is 2.06. The van der Waals surface area contributed by atoms with Gasteiger partial charge in [0.25, 0.3) is 0 Å². The molecule has 1 aromatic rings. The maximum Gasteiger partial charge on any atom is 0.318 e. The van der Waals surface area contributed by atoms with E-state index in [1.807, 2.05) is 22.6 Å². The van der Waals surface area contributed by atoms with Gasteiger partial charge in [0.2, 0.25) is 4.11 Å². The Morgan fingerprint density at radius 2 is 2.18 bits per heavy atom. The molecule has 0 bridgehead atoms. The highest BCUT2D eigenvalue weighted by Gasteiger charge is 2.00. The fraction of sp³-hybridized carbons (Fsp3) is 0.143. The number of hydrogen-bond acceptors (Lipinski definition) is 3. The zero-order valence-corrected chi connectivity index (χ0v) is 7.72. The van der Waals surface area contributed by atoms with Crippen LogP contribution in [0.25, 0.3) is 0 Å². The van der Waals surface area contributed by atoms with Crippen LogP contribution in [0.1, 0.15) is 0 Å². The van der Waals surface area contributed by atoms with Gasteiger partial charge in [0.05, 0.1) is 0 Å². The molecule has 1 atom stereocenters. The first-order valence-corrected chi connectivity index (χ1v) is 4.11. The molecule has 1 heterocycles. The summed E-state index contributed by atoms with van der Waals surface area (Å²) in [6.45, 7) is 0. The molecule has 0 radical (unpaired) electrons. The van der Waals surface area contributed by atoms with E-state index in [1.54, 1.807) is 18.5 Å². The highest BCUT2D eigenvalue weighted by molar-refractivity contribution is 14.1. The van der Waals surface area contributed by atoms with Crippen molar-refractivity contribution in [3.05, 3.63) is 18.5 Å². The van der Waals surface area contributed by atoms with Gasteiger partial charge in [-0.3, -0.25) is 0 Å². The van der Waals surface area contributed by atoms with Crippen LogP contribution >= 0.6 is 22.6 Å². The molecule has 0 fully saturated rings. The van der Waals surface area contributed by atoms with Crippen LogP contribution in [0.5, 0.6) is 6.01 Å². The summed E-state index contributed by atoms with van der Waals surface area (Å²) >= 11 is 1.97. The molecule has 1 unspecified atom stereocenters. The lowest BCUT2D eigenvalue weighted by Crippen LogP contribution is -2.06. The fourth-order valence-electron chi connectivity index (χ4n) is 0.473. The summed E-state index contributed by atoms with van der Waals surface area (Å²) in [7, 11) is 0. The summed E-state index contributed by atoms with van der Waals surface area (Å²) in [5.41, 5.74) is 0. The van der Waals surface area contributed by atoms with Crippen molar-refractivity contribution in [2.24, 2.45) is 0 Å². The van der Waals surface area contributed by atoms with Crippen LogP contribution in [-0.2, 0) is 0 Å². The second-order valence-corrected chi connectivity index (χ2v) is 2.76. The topological polar surface area (TPSA) is 35.0 Å². The van der Waals surface area contributed by atoms with Crippen LogP contribution < -0.4 is 4.74 Å². The Bertz CT molecular complexity index is 257. The summed E-state index contributed by atoms with van der Waals surface area (Å²) in [5, 5.41) is 0. The zero-order chi connectivity index (χ0) is 8.10. The Hall–Kier alpha value is -0.830. The van der Waals surface area contributed by atoms with Gasteiger partial charge in [-0.2, -0.15) is 0 Å². The third kappa shape index (κ3) is 2.72. The van der Waals surface area contributed by atoms with Gasteiger partial charge in [-0.25, -0.2) is 9.97 Å². The molecule has 0 saturated heterocycles. The Kier molecular flexibility index (Phi) is 3.11. The first kappa shape index (κ1) is 8.27. The lowest BCUT2D eigenvalue weighted by Gasteiger charge is -2.02. The van der Waals surface area contributed by atoms with Gasteiger partial charge in [-0.1, -0.05) is 5.92 Å². The number of alkyl halides is 1. The molecule has 0 amide bonds. The zero-order valence-electron chi connectivity index (χ0n) is 5.57. The van der Waals surface area contributed by atoms with E-state index < -0.39 is 0 Å². The Labute approximate surface area is 78.3 Å². The minimum atomic E-state index is -0.310. The number of nitrogens with zero attached hydrogens (tertiary/aromatic N) is 2. The van der Waals surface area contributed by atoms with Crippen molar-refractivity contribution in [2.45, 2.75) is 4.11 Å². The summed E-state index contributed by atoms with van der Waals surface area (Å²) in [4.78, 5) is 7.67. The molecule has 11 heavy (non-hydrogen) atoms. The normalized spacial score (nSPS) is 11.6. The Morgan fingerprint density at radius 1 is 1.55 bits per heavy atom. The average molecular weight is 260 g/mol. The maximum atomic E-state index is 5.09. The molecule has 0 aromatic carbocycles. The summed E-state index contributed by atoms with van der Waals surface area (Å²) in [6, 6.07) is 2.02. The molecule has 0 aliphatic rings. The molecule has 56 valence electrons. The standard InChI is InChI=1S/C7H5IN2O/c1-2-6(8)11-7-9-4-3-5-10-7/h1,3-6H. The third-order valence-electron chi connectivity index (χ3n) is 0.882. The summed E-state index contributed by atoms with van der Waals surface area (Å²) < 4.78 is 4.78. The quantitative estimate of drug-likeness (QED) is 0.456. The van der Waals surface area contributed by atoms with Crippen molar-refractivity contribution >= 4 is 22.6 Å². The molecule has 1 aromatic heterocycles. The van der Waals surface area contributed by atoms with Crippen molar-refractivity contribution < 1.29 is 4.74 Å². The summed E-state index contributed by atoms with van der Waals surface area (Å²) in [5.74, 6) is 2.40. The van der Waals surface area contributed by atoms with Gasteiger partial charge in [-0.05, 0) is 28.7 Å². The van der Waals surface area contributed by atoms with E-state index in [0.29, 0.717) is 6.01 Å². The van der Waals surface area contributed by atoms with E-state index >= 15 is 0 Å². The van der Waals surface area contributed by atoms with Crippen LogP contribution in [0.2, 0.25) is 0 Å². The van der Waals surface area contributed by atoms with Gasteiger partial charge >= 0.3 is 6.01 Å². The van der Waals surface area contributed by atoms with Crippen LogP contribution in [0.15, 0.2) is 18.5 Å². The fourth-order valence-corrected chi connectivity index (χ4v) is 0.700. The van der Waals surface area contributed by atoms with Crippen molar-refractivity contribution in [2.75, 3.05) is 0 Å².